The van der Waals surface area contributed by atoms with Crippen LogP contribution in [-0.4, -0.2) is 12.7 Å². The molecule has 0 aromatic heterocycles. The first-order chi connectivity index (χ1) is 8.10. The number of hydrogen-bond donors (Lipinski definition) is 0. The van der Waals surface area contributed by atoms with E-state index in [2.05, 4.69) is 19.6 Å². The highest BCUT2D eigenvalue weighted by atomic mass is 16.5. The zero-order valence-corrected chi connectivity index (χ0v) is 11.2. The highest BCUT2D eigenvalue weighted by Gasteiger charge is 2.14. The van der Waals surface area contributed by atoms with Crippen molar-refractivity contribution >= 4 is 0 Å². The standard InChI is InChI=1S/C15H22O2/c1-6-12(5)13-9-8-10-14(17-11(3)4)15(13)16-7-2/h6,8-12H,1,7H2,2-5H3. The van der Waals surface area contributed by atoms with Gasteiger partial charge >= 0.3 is 0 Å². The van der Waals surface area contributed by atoms with Crippen molar-refractivity contribution in [2.75, 3.05) is 6.61 Å². The van der Waals surface area contributed by atoms with Crippen molar-refractivity contribution in [1.82, 2.24) is 0 Å². The monoisotopic (exact) mass is 234 g/mol. The van der Waals surface area contributed by atoms with Gasteiger partial charge in [-0.25, -0.2) is 0 Å². The highest BCUT2D eigenvalue weighted by molar-refractivity contribution is 5.49. The van der Waals surface area contributed by atoms with Crippen molar-refractivity contribution in [3.05, 3.63) is 36.4 Å². The second kappa shape index (κ2) is 6.33. The Morgan fingerprint density at radius 3 is 2.53 bits per heavy atom. The summed E-state index contributed by atoms with van der Waals surface area (Å²) >= 11 is 0. The van der Waals surface area contributed by atoms with E-state index in [-0.39, 0.29) is 12.0 Å². The summed E-state index contributed by atoms with van der Waals surface area (Å²) in [6.07, 6.45) is 2.06. The molecule has 0 aliphatic carbocycles. The zero-order chi connectivity index (χ0) is 12.8. The lowest BCUT2D eigenvalue weighted by Crippen LogP contribution is -2.09. The summed E-state index contributed by atoms with van der Waals surface area (Å²) < 4.78 is 11.5. The van der Waals surface area contributed by atoms with E-state index in [1.807, 2.05) is 39.0 Å². The summed E-state index contributed by atoms with van der Waals surface area (Å²) in [5.74, 6) is 1.91. The van der Waals surface area contributed by atoms with Crippen LogP contribution in [0, 0.1) is 0 Å². The second-order valence-electron chi connectivity index (χ2n) is 4.30. The van der Waals surface area contributed by atoms with Crippen LogP contribution in [0.2, 0.25) is 0 Å². The van der Waals surface area contributed by atoms with Gasteiger partial charge in [0.1, 0.15) is 0 Å². The van der Waals surface area contributed by atoms with Crippen molar-refractivity contribution in [3.8, 4) is 11.5 Å². The van der Waals surface area contributed by atoms with Gasteiger partial charge < -0.3 is 9.47 Å². The molecule has 2 heteroatoms. The summed E-state index contributed by atoms with van der Waals surface area (Å²) in [5.41, 5.74) is 1.13. The van der Waals surface area contributed by atoms with Crippen molar-refractivity contribution in [3.63, 3.8) is 0 Å². The van der Waals surface area contributed by atoms with Gasteiger partial charge in [0.05, 0.1) is 12.7 Å². The number of para-hydroxylation sites is 1. The Labute approximate surface area is 104 Å². The van der Waals surface area contributed by atoms with Crippen LogP contribution in [0.5, 0.6) is 11.5 Å². The Kier molecular flexibility index (Phi) is 5.08. The highest BCUT2D eigenvalue weighted by Crippen LogP contribution is 2.36. The molecular formula is C15H22O2. The predicted octanol–water partition coefficient (Wildman–Crippen LogP) is 4.16. The predicted molar refractivity (Wildman–Crippen MR) is 72.0 cm³/mol. The van der Waals surface area contributed by atoms with E-state index in [4.69, 9.17) is 9.47 Å². The Bertz CT molecular complexity index is 369. The maximum Gasteiger partial charge on any atom is 0.164 e. The quantitative estimate of drug-likeness (QED) is 0.688. The van der Waals surface area contributed by atoms with E-state index in [1.54, 1.807) is 0 Å². The van der Waals surface area contributed by atoms with E-state index in [1.165, 1.54) is 0 Å². The largest absolute Gasteiger partial charge is 0.490 e. The van der Waals surface area contributed by atoms with Crippen LogP contribution in [0.4, 0.5) is 0 Å². The van der Waals surface area contributed by atoms with Gasteiger partial charge in [0.2, 0.25) is 0 Å². The number of benzene rings is 1. The van der Waals surface area contributed by atoms with Crippen LogP contribution in [-0.2, 0) is 0 Å². The molecule has 0 spiro atoms. The molecule has 17 heavy (non-hydrogen) atoms. The van der Waals surface area contributed by atoms with Gasteiger partial charge in [-0.05, 0) is 26.8 Å². The van der Waals surface area contributed by atoms with Gasteiger partial charge in [-0.1, -0.05) is 25.1 Å². The maximum absolute atomic E-state index is 5.77. The number of hydrogen-bond acceptors (Lipinski definition) is 2. The molecule has 0 heterocycles. The van der Waals surface area contributed by atoms with Crippen LogP contribution < -0.4 is 9.47 Å². The molecule has 1 unspecified atom stereocenters. The van der Waals surface area contributed by atoms with Gasteiger partial charge in [-0.15, -0.1) is 6.58 Å². The smallest absolute Gasteiger partial charge is 0.164 e. The Hall–Kier alpha value is -1.44. The summed E-state index contributed by atoms with van der Waals surface area (Å²) in [6, 6.07) is 6.00. The van der Waals surface area contributed by atoms with E-state index >= 15 is 0 Å². The van der Waals surface area contributed by atoms with Crippen molar-refractivity contribution in [2.45, 2.75) is 39.7 Å². The van der Waals surface area contributed by atoms with Gasteiger partial charge in [0, 0.05) is 11.5 Å². The lowest BCUT2D eigenvalue weighted by molar-refractivity contribution is 0.222. The molecule has 0 saturated carbocycles. The molecule has 0 bridgehead atoms. The van der Waals surface area contributed by atoms with Crippen molar-refractivity contribution in [2.24, 2.45) is 0 Å². The molecule has 0 N–H and O–H groups in total. The third-order valence-electron chi connectivity index (χ3n) is 2.50. The Balaban J connectivity index is 3.16. The molecule has 0 fully saturated rings. The average molecular weight is 234 g/mol. The van der Waals surface area contributed by atoms with E-state index in [9.17, 15) is 0 Å². The normalized spacial score (nSPS) is 12.3. The number of rotatable bonds is 6. The summed E-state index contributed by atoms with van der Waals surface area (Å²) in [7, 11) is 0. The lowest BCUT2D eigenvalue weighted by Gasteiger charge is -2.19. The van der Waals surface area contributed by atoms with E-state index in [0.29, 0.717) is 6.61 Å². The van der Waals surface area contributed by atoms with Gasteiger partial charge in [0.15, 0.2) is 11.5 Å². The van der Waals surface area contributed by atoms with Crippen molar-refractivity contribution in [1.29, 1.82) is 0 Å². The first-order valence-electron chi connectivity index (χ1n) is 6.15. The minimum absolute atomic E-state index is 0.142. The average Bonchev–Trinajstić information content (AvgIpc) is 2.30. The molecule has 1 aromatic carbocycles. The number of ether oxygens (including phenoxy) is 2. The van der Waals surface area contributed by atoms with Gasteiger partial charge in [-0.3, -0.25) is 0 Å². The third-order valence-corrected chi connectivity index (χ3v) is 2.50. The SMILES string of the molecule is C=CC(C)c1cccc(OC(C)C)c1OCC. The fourth-order valence-corrected chi connectivity index (χ4v) is 1.66. The molecule has 94 valence electrons. The second-order valence-corrected chi connectivity index (χ2v) is 4.30. The Morgan fingerprint density at radius 2 is 2.00 bits per heavy atom. The van der Waals surface area contributed by atoms with E-state index in [0.717, 1.165) is 17.1 Å². The van der Waals surface area contributed by atoms with Crippen LogP contribution in [0.3, 0.4) is 0 Å². The lowest BCUT2D eigenvalue weighted by atomic mass is 10.00. The molecule has 0 aliphatic rings. The van der Waals surface area contributed by atoms with Crippen molar-refractivity contribution < 1.29 is 9.47 Å². The third kappa shape index (κ3) is 3.52. The van der Waals surface area contributed by atoms with Gasteiger partial charge in [-0.2, -0.15) is 0 Å². The summed E-state index contributed by atoms with van der Waals surface area (Å²) in [6.45, 7) is 12.6. The minimum Gasteiger partial charge on any atom is -0.490 e. The van der Waals surface area contributed by atoms with Crippen LogP contribution in [0.1, 0.15) is 39.2 Å². The molecule has 0 saturated heterocycles. The fraction of sp³-hybridized carbons (Fsp3) is 0.467. The summed E-state index contributed by atoms with van der Waals surface area (Å²) in [5, 5.41) is 0. The van der Waals surface area contributed by atoms with Crippen LogP contribution in [0.15, 0.2) is 30.9 Å². The number of allylic oxidation sites excluding steroid dienone is 1. The molecule has 0 amide bonds. The molecule has 0 radical (unpaired) electrons. The maximum atomic E-state index is 5.77. The molecule has 1 atom stereocenters. The summed E-state index contributed by atoms with van der Waals surface area (Å²) in [4.78, 5) is 0. The van der Waals surface area contributed by atoms with Crippen LogP contribution in [0.25, 0.3) is 0 Å². The minimum atomic E-state index is 0.142. The fourth-order valence-electron chi connectivity index (χ4n) is 1.66. The molecule has 0 aliphatic heterocycles. The molecule has 1 aromatic rings. The topological polar surface area (TPSA) is 18.5 Å². The molecular weight excluding hydrogens is 212 g/mol. The van der Waals surface area contributed by atoms with Crippen LogP contribution >= 0.6 is 0 Å². The molecule has 2 nitrogen and oxygen atoms in total. The van der Waals surface area contributed by atoms with E-state index < -0.39 is 0 Å². The van der Waals surface area contributed by atoms with Gasteiger partial charge in [0.25, 0.3) is 0 Å². The molecule has 1 rings (SSSR count). The first-order valence-corrected chi connectivity index (χ1v) is 6.15. The zero-order valence-electron chi connectivity index (χ0n) is 11.2. The first kappa shape index (κ1) is 13.6. The Morgan fingerprint density at radius 1 is 1.29 bits per heavy atom.